The number of carbonyl (C=O) groups is 1. The van der Waals surface area contributed by atoms with E-state index in [1.165, 1.54) is 21.5 Å². The number of hydrogen-bond donors (Lipinski definition) is 1. The van der Waals surface area contributed by atoms with E-state index in [0.29, 0.717) is 23.6 Å². The molecule has 5 aromatic rings. The Bertz CT molecular complexity index is 1710. The summed E-state index contributed by atoms with van der Waals surface area (Å²) in [6.45, 7) is 4.12. The summed E-state index contributed by atoms with van der Waals surface area (Å²) < 4.78 is 44.2. The van der Waals surface area contributed by atoms with Gasteiger partial charge in [0, 0.05) is 42.0 Å². The van der Waals surface area contributed by atoms with Gasteiger partial charge in [0.05, 0.1) is 17.8 Å². The van der Waals surface area contributed by atoms with Crippen molar-refractivity contribution in [1.29, 1.82) is 0 Å². The number of alkyl halides is 3. The van der Waals surface area contributed by atoms with Gasteiger partial charge in [-0.1, -0.05) is 43.7 Å². The van der Waals surface area contributed by atoms with Gasteiger partial charge >= 0.3 is 11.9 Å². The van der Waals surface area contributed by atoms with Gasteiger partial charge < -0.3 is 4.57 Å². The number of benzene rings is 1. The van der Waals surface area contributed by atoms with Crippen molar-refractivity contribution in [2.24, 2.45) is 0 Å². The normalized spacial score (nSPS) is 11.7. The van der Waals surface area contributed by atoms with Crippen LogP contribution in [0.3, 0.4) is 0 Å². The number of carbonyl (C=O) groups excluding carboxylic acids is 1. The minimum absolute atomic E-state index is 0.0989. The van der Waals surface area contributed by atoms with E-state index in [1.807, 2.05) is 37.3 Å². The number of nitrogens with zero attached hydrogens (tertiary/aromatic N) is 7. The molecule has 0 saturated heterocycles. The lowest BCUT2D eigenvalue weighted by atomic mass is 10.0. The maximum absolute atomic E-state index is 13.7. The number of hydrogen-bond acceptors (Lipinski definition) is 6. The summed E-state index contributed by atoms with van der Waals surface area (Å²) in [7, 11) is 0. The molecule has 13 heteroatoms. The third kappa shape index (κ3) is 5.47. The number of unbranched alkanes of at least 4 members (excludes halogenated alkanes) is 1. The highest BCUT2D eigenvalue weighted by Gasteiger charge is 2.41. The quantitative estimate of drug-likeness (QED) is 0.243. The zero-order valence-electron chi connectivity index (χ0n) is 22.4. The number of aromatic amines is 1. The van der Waals surface area contributed by atoms with Crippen LogP contribution < -0.4 is 5.69 Å². The van der Waals surface area contributed by atoms with Crippen LogP contribution >= 0.6 is 0 Å². The first-order valence-corrected chi connectivity index (χ1v) is 13.1. The van der Waals surface area contributed by atoms with E-state index in [0.717, 1.165) is 40.2 Å². The zero-order chi connectivity index (χ0) is 29.1. The van der Waals surface area contributed by atoms with Gasteiger partial charge in [-0.15, -0.1) is 5.10 Å². The van der Waals surface area contributed by atoms with Crippen LogP contribution in [0.15, 0.2) is 65.8 Å². The molecule has 0 radical (unpaired) electrons. The molecule has 0 fully saturated rings. The molecule has 0 saturated carbocycles. The van der Waals surface area contributed by atoms with Crippen LogP contribution in [0, 0.1) is 0 Å². The Labute approximate surface area is 232 Å². The molecule has 0 aliphatic rings. The minimum Gasteiger partial charge on any atom is -0.334 e. The molecule has 41 heavy (non-hydrogen) atoms. The third-order valence-corrected chi connectivity index (χ3v) is 6.84. The van der Waals surface area contributed by atoms with E-state index in [-0.39, 0.29) is 18.9 Å². The first-order chi connectivity index (χ1) is 19.7. The molecular weight excluding hydrogens is 537 g/mol. The monoisotopic (exact) mass is 564 g/mol. The lowest BCUT2D eigenvalue weighted by Crippen LogP contribution is -2.29. The molecule has 10 nitrogen and oxygen atoms in total. The van der Waals surface area contributed by atoms with Crippen LogP contribution in [0.25, 0.3) is 28.3 Å². The second kappa shape index (κ2) is 11.4. The van der Waals surface area contributed by atoms with Gasteiger partial charge in [-0.3, -0.25) is 18.9 Å². The molecule has 4 aromatic heterocycles. The summed E-state index contributed by atoms with van der Waals surface area (Å²) in [5.41, 5.74) is 2.58. The van der Waals surface area contributed by atoms with Gasteiger partial charge in [-0.25, -0.2) is 9.89 Å². The number of aryl methyl sites for hydroxylation is 2. The van der Waals surface area contributed by atoms with E-state index in [1.54, 1.807) is 19.2 Å². The molecule has 0 unspecified atom stereocenters. The molecule has 212 valence electrons. The molecule has 1 N–H and O–H groups in total. The SMILES string of the molecule is CCCCc1cn(-c2c(C(=O)C(F)(F)F)ccn2CC)c(=O)n1Cc1ccc(-c2ccccc2-c2nnn[nH]2)cn1. The summed E-state index contributed by atoms with van der Waals surface area (Å²) >= 11 is 0. The molecule has 0 bridgehead atoms. The fourth-order valence-electron chi connectivity index (χ4n) is 4.78. The van der Waals surface area contributed by atoms with Crippen LogP contribution in [0.5, 0.6) is 0 Å². The molecule has 0 spiro atoms. The van der Waals surface area contributed by atoms with Gasteiger partial charge in [0.2, 0.25) is 0 Å². The number of Topliss-reactive ketones (excluding diaryl/α,β-unsaturated/α-hetero) is 1. The molecule has 0 aliphatic heterocycles. The van der Waals surface area contributed by atoms with E-state index < -0.39 is 23.2 Å². The first-order valence-electron chi connectivity index (χ1n) is 13.1. The molecule has 0 aliphatic carbocycles. The average Bonchev–Trinajstić information content (AvgIpc) is 3.71. The molecule has 0 atom stereocenters. The molecule has 5 rings (SSSR count). The van der Waals surface area contributed by atoms with Crippen LogP contribution in [0.1, 0.15) is 48.4 Å². The number of rotatable bonds is 10. The molecule has 4 heterocycles. The van der Waals surface area contributed by atoms with Crippen molar-refractivity contribution < 1.29 is 18.0 Å². The van der Waals surface area contributed by atoms with Crippen LogP contribution in [-0.2, 0) is 19.5 Å². The zero-order valence-corrected chi connectivity index (χ0v) is 22.4. The van der Waals surface area contributed by atoms with Crippen molar-refractivity contribution in [3.63, 3.8) is 0 Å². The number of pyridine rings is 1. The van der Waals surface area contributed by atoms with E-state index in [2.05, 4.69) is 25.6 Å². The Morgan fingerprint density at radius 2 is 1.83 bits per heavy atom. The Morgan fingerprint density at radius 1 is 1.05 bits per heavy atom. The summed E-state index contributed by atoms with van der Waals surface area (Å²) in [5, 5.41) is 14.0. The topological polar surface area (TPSA) is 116 Å². The number of H-pyrrole nitrogens is 1. The van der Waals surface area contributed by atoms with Gasteiger partial charge in [-0.05, 0) is 47.9 Å². The van der Waals surface area contributed by atoms with Crippen molar-refractivity contribution >= 4 is 5.78 Å². The predicted octanol–water partition coefficient (Wildman–Crippen LogP) is 4.84. The maximum atomic E-state index is 13.7. The molecule has 0 amide bonds. The third-order valence-electron chi connectivity index (χ3n) is 6.84. The summed E-state index contributed by atoms with van der Waals surface area (Å²) in [5.74, 6) is -1.58. The predicted molar refractivity (Wildman–Crippen MR) is 145 cm³/mol. The van der Waals surface area contributed by atoms with Crippen LogP contribution in [-0.4, -0.2) is 51.3 Å². The van der Waals surface area contributed by atoms with Crippen molar-refractivity contribution in [1.82, 2.24) is 39.3 Å². The van der Waals surface area contributed by atoms with Crippen molar-refractivity contribution in [3.05, 3.63) is 88.5 Å². The molecular formula is C28H27F3N8O2. The van der Waals surface area contributed by atoms with Crippen LogP contribution in [0.4, 0.5) is 13.2 Å². The van der Waals surface area contributed by atoms with Crippen LogP contribution in [0.2, 0.25) is 0 Å². The molecule has 1 aromatic carbocycles. The average molecular weight is 565 g/mol. The highest BCUT2D eigenvalue weighted by atomic mass is 19.4. The first kappa shape index (κ1) is 27.7. The van der Waals surface area contributed by atoms with E-state index in [4.69, 9.17) is 0 Å². The van der Waals surface area contributed by atoms with Crippen molar-refractivity contribution in [2.45, 2.75) is 52.4 Å². The van der Waals surface area contributed by atoms with E-state index in [9.17, 15) is 22.8 Å². The number of imidazole rings is 1. The number of tetrazole rings is 1. The summed E-state index contributed by atoms with van der Waals surface area (Å²) in [6, 6.07) is 12.4. The van der Waals surface area contributed by atoms with Gasteiger partial charge in [-0.2, -0.15) is 13.2 Å². The van der Waals surface area contributed by atoms with Crippen molar-refractivity contribution in [2.75, 3.05) is 0 Å². The maximum Gasteiger partial charge on any atom is 0.455 e. The largest absolute Gasteiger partial charge is 0.455 e. The lowest BCUT2D eigenvalue weighted by molar-refractivity contribution is -0.0885. The van der Waals surface area contributed by atoms with Crippen molar-refractivity contribution in [3.8, 4) is 28.3 Å². The second-order valence-electron chi connectivity index (χ2n) is 9.46. The minimum atomic E-state index is -5.07. The van der Waals surface area contributed by atoms with Gasteiger partial charge in [0.1, 0.15) is 5.82 Å². The lowest BCUT2D eigenvalue weighted by Gasteiger charge is -2.11. The highest BCUT2D eigenvalue weighted by Crippen LogP contribution is 2.30. The second-order valence-corrected chi connectivity index (χ2v) is 9.46. The Hall–Kier alpha value is -4.81. The summed E-state index contributed by atoms with van der Waals surface area (Å²) in [6.07, 6.45) is 1.69. The number of aromatic nitrogens is 8. The highest BCUT2D eigenvalue weighted by molar-refractivity contribution is 6.03. The van der Waals surface area contributed by atoms with Gasteiger partial charge in [0.25, 0.3) is 5.78 Å². The fourth-order valence-corrected chi connectivity index (χ4v) is 4.78. The Morgan fingerprint density at radius 3 is 2.46 bits per heavy atom. The smallest absolute Gasteiger partial charge is 0.334 e. The Balaban J connectivity index is 1.52. The number of halogens is 3. The van der Waals surface area contributed by atoms with E-state index >= 15 is 0 Å². The summed E-state index contributed by atoms with van der Waals surface area (Å²) in [4.78, 5) is 30.5. The number of ketones is 1. The Kier molecular flexibility index (Phi) is 7.68. The van der Waals surface area contributed by atoms with Gasteiger partial charge in [0.15, 0.2) is 5.82 Å². The fraction of sp³-hybridized carbons (Fsp3) is 0.286. The number of nitrogens with one attached hydrogen (secondary N) is 1. The standard InChI is InChI=1S/C28H27F3N8O2/c1-3-5-8-20-17-39(26-23(13-14-37(26)4-2)24(40)28(29,30)31)27(41)38(20)16-19-12-11-18(15-32-19)21-9-6-7-10-22(21)25-33-35-36-34-25/h6-7,9-15,17H,3-5,8,16H2,1-2H3,(H,33,34,35,36).